The smallest absolute Gasteiger partial charge is 0.339 e. The third-order valence-corrected chi connectivity index (χ3v) is 2.26. The Bertz CT molecular complexity index is 336. The van der Waals surface area contributed by atoms with Gasteiger partial charge < -0.3 is 15.4 Å². The number of allylic oxidation sites excluding steroid dienone is 1. The van der Waals surface area contributed by atoms with Crippen molar-refractivity contribution in [3.63, 3.8) is 0 Å². The molecule has 2 N–H and O–H groups in total. The maximum atomic E-state index is 11.7. The maximum Gasteiger partial charge on any atom is 0.339 e. The lowest BCUT2D eigenvalue weighted by atomic mass is 10.1. The van der Waals surface area contributed by atoms with Crippen molar-refractivity contribution in [3.05, 3.63) is 11.3 Å². The molecule has 0 saturated heterocycles. The number of nitrogens with one attached hydrogen (secondary N) is 2. The number of esters is 1. The number of amides is 2. The van der Waals surface area contributed by atoms with Crippen molar-refractivity contribution in [2.45, 2.75) is 20.0 Å². The summed E-state index contributed by atoms with van der Waals surface area (Å²) in [7, 11) is 3.56. The fourth-order valence-corrected chi connectivity index (χ4v) is 1.54. The van der Waals surface area contributed by atoms with Gasteiger partial charge in [-0.05, 0) is 27.9 Å². The molecule has 1 heterocycles. The van der Waals surface area contributed by atoms with Crippen LogP contribution in [0.3, 0.4) is 0 Å². The number of carbonyl (C=O) groups is 2. The largest absolute Gasteiger partial charge is 0.462 e. The molecule has 6 nitrogen and oxygen atoms in total. The van der Waals surface area contributed by atoms with Gasteiger partial charge >= 0.3 is 12.0 Å². The number of urea groups is 1. The molecule has 1 atom stereocenters. The normalized spacial score (nSPS) is 20.6. The molecule has 1 aliphatic rings. The van der Waals surface area contributed by atoms with E-state index < -0.39 is 12.1 Å². The third-order valence-electron chi connectivity index (χ3n) is 2.26. The number of likely N-dealkylation sites (N-methyl/N-ethyl adjacent to an activating group) is 1. The van der Waals surface area contributed by atoms with Gasteiger partial charge in [0.15, 0.2) is 0 Å². The fourth-order valence-electron chi connectivity index (χ4n) is 1.54. The van der Waals surface area contributed by atoms with Gasteiger partial charge in [0.2, 0.25) is 0 Å². The second-order valence-corrected chi connectivity index (χ2v) is 3.72. The number of rotatable bonds is 3. The number of hydrogen-bond acceptors (Lipinski definition) is 4. The van der Waals surface area contributed by atoms with Gasteiger partial charge in [0.05, 0.1) is 12.2 Å². The minimum Gasteiger partial charge on any atom is -0.462 e. The first kappa shape index (κ1) is 12.5. The maximum absolute atomic E-state index is 11.7. The van der Waals surface area contributed by atoms with Crippen molar-refractivity contribution in [3.8, 4) is 0 Å². The van der Waals surface area contributed by atoms with Crippen molar-refractivity contribution in [1.29, 1.82) is 0 Å². The lowest BCUT2D eigenvalue weighted by Crippen LogP contribution is -2.55. The summed E-state index contributed by atoms with van der Waals surface area (Å²) in [6.45, 7) is 3.73. The average Bonchev–Trinajstić information content (AvgIpc) is 2.16. The molecule has 0 spiro atoms. The summed E-state index contributed by atoms with van der Waals surface area (Å²) in [6, 6.07) is -0.316. The van der Waals surface area contributed by atoms with Gasteiger partial charge in [0.1, 0.15) is 6.17 Å². The molecule has 1 aliphatic heterocycles. The zero-order valence-corrected chi connectivity index (χ0v) is 9.96. The lowest BCUT2D eigenvalue weighted by Gasteiger charge is -2.31. The molecule has 0 aliphatic carbocycles. The van der Waals surface area contributed by atoms with Crippen LogP contribution in [0.25, 0.3) is 0 Å². The predicted molar refractivity (Wildman–Crippen MR) is 58.5 cm³/mol. The molecule has 0 aromatic rings. The first-order valence-corrected chi connectivity index (χ1v) is 5.09. The zero-order valence-electron chi connectivity index (χ0n) is 9.96. The highest BCUT2D eigenvalue weighted by Crippen LogP contribution is 2.15. The van der Waals surface area contributed by atoms with E-state index >= 15 is 0 Å². The van der Waals surface area contributed by atoms with Crippen LogP contribution in [-0.4, -0.2) is 43.8 Å². The van der Waals surface area contributed by atoms with E-state index in [2.05, 4.69) is 10.6 Å². The monoisotopic (exact) mass is 227 g/mol. The molecule has 0 bridgehead atoms. The van der Waals surface area contributed by atoms with Crippen molar-refractivity contribution in [2.75, 3.05) is 20.7 Å². The molecule has 1 unspecified atom stereocenters. The van der Waals surface area contributed by atoms with E-state index in [0.717, 1.165) is 0 Å². The second-order valence-electron chi connectivity index (χ2n) is 3.72. The highest BCUT2D eigenvalue weighted by molar-refractivity contribution is 5.94. The summed E-state index contributed by atoms with van der Waals surface area (Å²) in [5, 5.41) is 5.21. The molecule has 1 rings (SSSR count). The van der Waals surface area contributed by atoms with Gasteiger partial charge in [-0.1, -0.05) is 0 Å². The van der Waals surface area contributed by atoms with Crippen LogP contribution in [0, 0.1) is 0 Å². The van der Waals surface area contributed by atoms with E-state index in [1.54, 1.807) is 32.8 Å². The molecule has 0 saturated carbocycles. The van der Waals surface area contributed by atoms with E-state index in [1.165, 1.54) is 0 Å². The SMILES string of the molecule is CCOC(=O)C1=C(C)NC(=O)NC1N(C)C. The van der Waals surface area contributed by atoms with E-state index in [4.69, 9.17) is 4.74 Å². The van der Waals surface area contributed by atoms with Crippen LogP contribution in [0.15, 0.2) is 11.3 Å². The standard InChI is InChI=1S/C10H17N3O3/c1-5-16-9(14)7-6(2)11-10(15)12-8(7)13(3)4/h8H,5H2,1-4H3,(H2,11,12,15). The minimum absolute atomic E-state index is 0.309. The van der Waals surface area contributed by atoms with Gasteiger partial charge in [-0.15, -0.1) is 0 Å². The van der Waals surface area contributed by atoms with E-state index in [-0.39, 0.29) is 6.03 Å². The van der Waals surface area contributed by atoms with Gasteiger partial charge in [0.25, 0.3) is 0 Å². The van der Waals surface area contributed by atoms with Crippen molar-refractivity contribution in [1.82, 2.24) is 15.5 Å². The fraction of sp³-hybridized carbons (Fsp3) is 0.600. The molecular formula is C10H17N3O3. The molecule has 16 heavy (non-hydrogen) atoms. The highest BCUT2D eigenvalue weighted by atomic mass is 16.5. The first-order valence-electron chi connectivity index (χ1n) is 5.09. The Kier molecular flexibility index (Phi) is 3.89. The van der Waals surface area contributed by atoms with Gasteiger partial charge in [-0.2, -0.15) is 0 Å². The minimum atomic E-state index is -0.451. The molecule has 0 aromatic carbocycles. The van der Waals surface area contributed by atoms with Crippen LogP contribution >= 0.6 is 0 Å². The summed E-state index contributed by atoms with van der Waals surface area (Å²) in [5.74, 6) is -0.411. The van der Waals surface area contributed by atoms with Crippen LogP contribution < -0.4 is 10.6 Å². The molecule has 0 radical (unpaired) electrons. The average molecular weight is 227 g/mol. The Labute approximate surface area is 94.6 Å². The summed E-state index contributed by atoms with van der Waals surface area (Å²) in [5.41, 5.74) is 0.965. The van der Waals surface area contributed by atoms with Gasteiger partial charge in [-0.3, -0.25) is 4.90 Å². The summed E-state index contributed by atoms with van der Waals surface area (Å²) in [4.78, 5) is 24.8. The Morgan fingerprint density at radius 3 is 2.62 bits per heavy atom. The second kappa shape index (κ2) is 4.98. The van der Waals surface area contributed by atoms with Crippen molar-refractivity contribution >= 4 is 12.0 Å². The number of hydrogen-bond donors (Lipinski definition) is 2. The van der Waals surface area contributed by atoms with E-state index in [0.29, 0.717) is 17.9 Å². The van der Waals surface area contributed by atoms with Crippen LogP contribution in [-0.2, 0) is 9.53 Å². The highest BCUT2D eigenvalue weighted by Gasteiger charge is 2.32. The number of nitrogens with zero attached hydrogens (tertiary/aromatic N) is 1. The van der Waals surface area contributed by atoms with Crippen LogP contribution in [0.2, 0.25) is 0 Å². The molecular weight excluding hydrogens is 210 g/mol. The lowest BCUT2D eigenvalue weighted by molar-refractivity contribution is -0.139. The van der Waals surface area contributed by atoms with Crippen LogP contribution in [0.5, 0.6) is 0 Å². The molecule has 6 heteroatoms. The molecule has 0 fully saturated rings. The summed E-state index contributed by atoms with van der Waals surface area (Å²) < 4.78 is 4.95. The third kappa shape index (κ3) is 2.52. The van der Waals surface area contributed by atoms with Gasteiger partial charge in [-0.25, -0.2) is 9.59 Å². The number of ether oxygens (including phenoxy) is 1. The molecule has 0 aromatic heterocycles. The molecule has 2 amide bonds. The quantitative estimate of drug-likeness (QED) is 0.667. The summed E-state index contributed by atoms with van der Waals surface area (Å²) >= 11 is 0. The van der Waals surface area contributed by atoms with Crippen molar-refractivity contribution in [2.24, 2.45) is 0 Å². The van der Waals surface area contributed by atoms with Gasteiger partial charge in [0, 0.05) is 5.70 Å². The Balaban J connectivity index is 3.02. The first-order chi connectivity index (χ1) is 7.47. The van der Waals surface area contributed by atoms with E-state index in [1.807, 2.05) is 0 Å². The summed E-state index contributed by atoms with van der Waals surface area (Å²) in [6.07, 6.45) is -0.451. The van der Waals surface area contributed by atoms with E-state index in [9.17, 15) is 9.59 Å². The molecule has 90 valence electrons. The topological polar surface area (TPSA) is 70.7 Å². The van der Waals surface area contributed by atoms with Crippen molar-refractivity contribution < 1.29 is 14.3 Å². The van der Waals surface area contributed by atoms with Crippen LogP contribution in [0.1, 0.15) is 13.8 Å². The Morgan fingerprint density at radius 1 is 1.50 bits per heavy atom. The zero-order chi connectivity index (χ0) is 12.3. The predicted octanol–water partition coefficient (Wildman–Crippen LogP) is 0.0240. The van der Waals surface area contributed by atoms with Crippen LogP contribution in [0.4, 0.5) is 4.79 Å². The Morgan fingerprint density at radius 2 is 2.12 bits per heavy atom. The Hall–Kier alpha value is -1.56. The number of carbonyl (C=O) groups excluding carboxylic acids is 2.